The van der Waals surface area contributed by atoms with E-state index >= 15 is 0 Å². The zero-order valence-electron chi connectivity index (χ0n) is 8.94. The molecule has 1 heterocycles. The van der Waals surface area contributed by atoms with Gasteiger partial charge in [-0.1, -0.05) is 5.16 Å². The van der Waals surface area contributed by atoms with Crippen molar-refractivity contribution in [3.63, 3.8) is 0 Å². The van der Waals surface area contributed by atoms with Gasteiger partial charge in [0.05, 0.1) is 17.2 Å². The quantitative estimate of drug-likeness (QED) is 0.804. The molecule has 0 aromatic carbocycles. The van der Waals surface area contributed by atoms with Crippen LogP contribution in [0.4, 0.5) is 5.88 Å². The molecule has 6 nitrogen and oxygen atoms in total. The summed E-state index contributed by atoms with van der Waals surface area (Å²) in [5.74, 6) is -0.943. The molecular weight excluding hydrogens is 232 g/mol. The smallest absolute Gasteiger partial charge is 0.313 e. The van der Waals surface area contributed by atoms with E-state index in [2.05, 4.69) is 10.5 Å². The van der Waals surface area contributed by atoms with E-state index < -0.39 is 5.97 Å². The third-order valence-corrected chi connectivity index (χ3v) is 2.79. The SMILES string of the molecule is Cc1noc(NC(=O)CSCC(=O)O)c1C. The van der Waals surface area contributed by atoms with Crippen LogP contribution in [-0.2, 0) is 9.59 Å². The van der Waals surface area contributed by atoms with E-state index in [-0.39, 0.29) is 17.4 Å². The fourth-order valence-corrected chi connectivity index (χ4v) is 1.46. The molecule has 1 aromatic heterocycles. The summed E-state index contributed by atoms with van der Waals surface area (Å²) in [6.07, 6.45) is 0. The molecule has 0 radical (unpaired) electrons. The maximum Gasteiger partial charge on any atom is 0.313 e. The van der Waals surface area contributed by atoms with E-state index in [0.29, 0.717) is 11.6 Å². The summed E-state index contributed by atoms with van der Waals surface area (Å²) in [6, 6.07) is 0. The molecule has 0 aliphatic carbocycles. The molecule has 16 heavy (non-hydrogen) atoms. The van der Waals surface area contributed by atoms with E-state index in [4.69, 9.17) is 9.63 Å². The lowest BCUT2D eigenvalue weighted by molar-refractivity contribution is -0.133. The van der Waals surface area contributed by atoms with Crippen LogP contribution in [-0.4, -0.2) is 33.6 Å². The minimum Gasteiger partial charge on any atom is -0.481 e. The van der Waals surface area contributed by atoms with Crippen molar-refractivity contribution in [2.75, 3.05) is 16.8 Å². The van der Waals surface area contributed by atoms with Gasteiger partial charge in [0.25, 0.3) is 0 Å². The molecule has 0 atom stereocenters. The maximum atomic E-state index is 11.3. The Morgan fingerprint density at radius 2 is 2.12 bits per heavy atom. The van der Waals surface area contributed by atoms with Gasteiger partial charge in [-0.25, -0.2) is 0 Å². The number of carbonyl (C=O) groups is 2. The third kappa shape index (κ3) is 3.58. The number of nitrogens with zero attached hydrogens (tertiary/aromatic N) is 1. The minimum atomic E-state index is -0.940. The Morgan fingerprint density at radius 1 is 1.44 bits per heavy atom. The number of rotatable bonds is 5. The van der Waals surface area contributed by atoms with E-state index in [1.165, 1.54) is 0 Å². The van der Waals surface area contributed by atoms with Crippen molar-refractivity contribution in [1.29, 1.82) is 0 Å². The first-order valence-electron chi connectivity index (χ1n) is 4.53. The van der Waals surface area contributed by atoms with Crippen molar-refractivity contribution in [1.82, 2.24) is 5.16 Å². The monoisotopic (exact) mass is 244 g/mol. The van der Waals surface area contributed by atoms with Crippen LogP contribution < -0.4 is 5.32 Å². The molecular formula is C9H12N2O4S. The number of nitrogens with one attached hydrogen (secondary N) is 1. The minimum absolute atomic E-state index is 0.0749. The first-order valence-corrected chi connectivity index (χ1v) is 5.68. The van der Waals surface area contributed by atoms with Crippen molar-refractivity contribution in [2.24, 2.45) is 0 Å². The first kappa shape index (κ1) is 12.6. The third-order valence-electron chi connectivity index (χ3n) is 1.87. The van der Waals surface area contributed by atoms with Crippen LogP contribution in [0.15, 0.2) is 4.52 Å². The van der Waals surface area contributed by atoms with Crippen molar-refractivity contribution < 1.29 is 19.2 Å². The van der Waals surface area contributed by atoms with Gasteiger partial charge in [-0.05, 0) is 13.8 Å². The number of hydrogen-bond acceptors (Lipinski definition) is 5. The van der Waals surface area contributed by atoms with Crippen molar-refractivity contribution >= 4 is 29.5 Å². The number of hydrogen-bond donors (Lipinski definition) is 2. The molecule has 88 valence electrons. The lowest BCUT2D eigenvalue weighted by Crippen LogP contribution is -2.15. The predicted molar refractivity (Wildman–Crippen MR) is 59.6 cm³/mol. The normalized spacial score (nSPS) is 10.1. The summed E-state index contributed by atoms with van der Waals surface area (Å²) in [4.78, 5) is 21.6. The number of aryl methyl sites for hydroxylation is 1. The number of thioether (sulfide) groups is 1. The number of amides is 1. The summed E-state index contributed by atoms with van der Waals surface area (Å²) in [5, 5.41) is 14.6. The second-order valence-corrected chi connectivity index (χ2v) is 4.14. The molecule has 1 rings (SSSR count). The lowest BCUT2D eigenvalue weighted by atomic mass is 10.3. The molecule has 0 aliphatic rings. The second kappa shape index (κ2) is 5.55. The van der Waals surface area contributed by atoms with Crippen LogP contribution >= 0.6 is 11.8 Å². The van der Waals surface area contributed by atoms with Gasteiger partial charge in [0, 0.05) is 5.56 Å². The Balaban J connectivity index is 2.40. The van der Waals surface area contributed by atoms with Gasteiger partial charge in [0.1, 0.15) is 0 Å². The molecule has 1 aromatic rings. The van der Waals surface area contributed by atoms with Crippen molar-refractivity contribution in [3.8, 4) is 0 Å². The number of aliphatic carboxylic acids is 1. The largest absolute Gasteiger partial charge is 0.481 e. The summed E-state index contributed by atoms with van der Waals surface area (Å²) in [5.41, 5.74) is 1.49. The molecule has 2 N–H and O–H groups in total. The Bertz CT molecular complexity index is 402. The molecule has 0 spiro atoms. The summed E-state index contributed by atoms with van der Waals surface area (Å²) in [6.45, 7) is 3.56. The van der Waals surface area contributed by atoms with Gasteiger partial charge in [-0.3, -0.25) is 14.9 Å². The van der Waals surface area contributed by atoms with E-state index in [9.17, 15) is 9.59 Å². The predicted octanol–water partition coefficient (Wildman–Crippen LogP) is 1.05. The highest BCUT2D eigenvalue weighted by Gasteiger charge is 2.11. The Labute approximate surface area is 96.4 Å². The van der Waals surface area contributed by atoms with Crippen LogP contribution in [0.25, 0.3) is 0 Å². The summed E-state index contributed by atoms with van der Waals surface area (Å²) in [7, 11) is 0. The van der Waals surface area contributed by atoms with Crippen LogP contribution in [0.2, 0.25) is 0 Å². The standard InChI is InChI=1S/C9H12N2O4S/c1-5-6(2)11-15-9(5)10-7(12)3-16-4-8(13)14/h3-4H2,1-2H3,(H,10,12)(H,13,14). The molecule has 0 saturated heterocycles. The van der Waals surface area contributed by atoms with Crippen molar-refractivity contribution in [3.05, 3.63) is 11.3 Å². The molecule has 1 amide bonds. The van der Waals surface area contributed by atoms with Gasteiger partial charge in [0.15, 0.2) is 0 Å². The molecule has 0 aliphatic heterocycles. The molecule has 0 saturated carbocycles. The maximum absolute atomic E-state index is 11.3. The fourth-order valence-electron chi connectivity index (χ4n) is 0.926. The molecule has 0 fully saturated rings. The van der Waals surface area contributed by atoms with Gasteiger partial charge in [0.2, 0.25) is 11.8 Å². The average molecular weight is 244 g/mol. The Morgan fingerprint density at radius 3 is 2.62 bits per heavy atom. The van der Waals surface area contributed by atoms with Gasteiger partial charge >= 0.3 is 5.97 Å². The zero-order valence-corrected chi connectivity index (χ0v) is 9.76. The molecule has 7 heteroatoms. The molecule has 0 bridgehead atoms. The number of carboxylic acids is 1. The Hall–Kier alpha value is -1.50. The number of aromatic nitrogens is 1. The summed E-state index contributed by atoms with van der Waals surface area (Å²) >= 11 is 1.03. The second-order valence-electron chi connectivity index (χ2n) is 3.16. The topological polar surface area (TPSA) is 92.4 Å². The van der Waals surface area contributed by atoms with E-state index in [1.807, 2.05) is 0 Å². The van der Waals surface area contributed by atoms with Crippen LogP contribution in [0.1, 0.15) is 11.3 Å². The van der Waals surface area contributed by atoms with Crippen LogP contribution in [0, 0.1) is 13.8 Å². The van der Waals surface area contributed by atoms with Crippen LogP contribution in [0.3, 0.4) is 0 Å². The average Bonchev–Trinajstić information content (AvgIpc) is 2.49. The fraction of sp³-hybridized carbons (Fsp3) is 0.444. The van der Waals surface area contributed by atoms with Crippen molar-refractivity contribution in [2.45, 2.75) is 13.8 Å². The Kier molecular flexibility index (Phi) is 4.36. The lowest BCUT2D eigenvalue weighted by Gasteiger charge is -2.00. The van der Waals surface area contributed by atoms with Gasteiger partial charge < -0.3 is 9.63 Å². The zero-order chi connectivity index (χ0) is 12.1. The first-order chi connectivity index (χ1) is 7.50. The van der Waals surface area contributed by atoms with Gasteiger partial charge in [-0.2, -0.15) is 0 Å². The highest BCUT2D eigenvalue weighted by Crippen LogP contribution is 2.17. The number of anilines is 1. The molecule has 0 unspecified atom stereocenters. The number of carbonyl (C=O) groups excluding carboxylic acids is 1. The summed E-state index contributed by atoms with van der Waals surface area (Å²) < 4.78 is 4.89. The van der Waals surface area contributed by atoms with E-state index in [1.54, 1.807) is 13.8 Å². The van der Waals surface area contributed by atoms with E-state index in [0.717, 1.165) is 17.3 Å². The van der Waals surface area contributed by atoms with Crippen LogP contribution in [0.5, 0.6) is 0 Å². The number of carboxylic acid groups (broad SMARTS) is 1. The van der Waals surface area contributed by atoms with Gasteiger partial charge in [-0.15, -0.1) is 11.8 Å². The highest BCUT2D eigenvalue weighted by atomic mass is 32.2. The highest BCUT2D eigenvalue weighted by molar-refractivity contribution is 8.00.